The van der Waals surface area contributed by atoms with Gasteiger partial charge in [-0.05, 0) is 54.3 Å². The number of nitrogens with one attached hydrogen (secondary N) is 1. The molecule has 112 valence electrons. The number of benzene rings is 2. The monoisotopic (exact) mass is 358 g/mol. The third-order valence-corrected chi connectivity index (χ3v) is 3.50. The van der Waals surface area contributed by atoms with Gasteiger partial charge < -0.3 is 0 Å². The zero-order valence-electron chi connectivity index (χ0n) is 11.0. The second-order valence-electron chi connectivity index (χ2n) is 4.83. The summed E-state index contributed by atoms with van der Waals surface area (Å²) in [6.45, 7) is 0. The van der Waals surface area contributed by atoms with Crippen LogP contribution in [0.3, 0.4) is 0 Å². The summed E-state index contributed by atoms with van der Waals surface area (Å²) in [4.78, 5) is 0. The molecule has 0 aliphatic carbocycles. The number of rotatable bonds is 5. The van der Waals surface area contributed by atoms with E-state index in [2.05, 4.69) is 21.4 Å². The molecule has 0 spiro atoms. The third kappa shape index (κ3) is 4.84. The molecule has 1 unspecified atom stereocenters. The highest BCUT2D eigenvalue weighted by molar-refractivity contribution is 9.10. The maximum atomic E-state index is 13.3. The van der Waals surface area contributed by atoms with Gasteiger partial charge in [0.2, 0.25) is 0 Å². The molecule has 2 nitrogen and oxygen atoms in total. The van der Waals surface area contributed by atoms with E-state index in [0.717, 1.165) is 11.6 Å². The summed E-state index contributed by atoms with van der Waals surface area (Å²) in [6, 6.07) is 7.61. The van der Waals surface area contributed by atoms with Crippen molar-refractivity contribution in [3.8, 4) is 0 Å². The first-order valence-corrected chi connectivity index (χ1v) is 7.11. The van der Waals surface area contributed by atoms with Crippen molar-refractivity contribution >= 4 is 15.9 Å². The highest BCUT2D eigenvalue weighted by Crippen LogP contribution is 2.18. The van der Waals surface area contributed by atoms with Gasteiger partial charge in [-0.2, -0.15) is 0 Å². The zero-order valence-corrected chi connectivity index (χ0v) is 12.6. The van der Waals surface area contributed by atoms with Crippen LogP contribution in [0.15, 0.2) is 40.9 Å². The molecule has 2 aromatic rings. The van der Waals surface area contributed by atoms with E-state index in [1.165, 1.54) is 24.3 Å². The van der Waals surface area contributed by atoms with Gasteiger partial charge in [0.15, 0.2) is 0 Å². The quantitative estimate of drug-likeness (QED) is 0.634. The second-order valence-corrected chi connectivity index (χ2v) is 5.74. The van der Waals surface area contributed by atoms with Gasteiger partial charge in [0.1, 0.15) is 17.5 Å². The van der Waals surface area contributed by atoms with Crippen LogP contribution in [0.4, 0.5) is 13.2 Å². The van der Waals surface area contributed by atoms with Gasteiger partial charge in [-0.3, -0.25) is 11.3 Å². The van der Waals surface area contributed by atoms with Crippen molar-refractivity contribution < 1.29 is 13.2 Å². The molecule has 0 bridgehead atoms. The summed E-state index contributed by atoms with van der Waals surface area (Å²) >= 11 is 3.22. The first-order valence-electron chi connectivity index (χ1n) is 6.32. The van der Waals surface area contributed by atoms with Gasteiger partial charge in [0.25, 0.3) is 0 Å². The number of halogens is 4. The van der Waals surface area contributed by atoms with Crippen LogP contribution in [0.2, 0.25) is 0 Å². The van der Waals surface area contributed by atoms with Crippen molar-refractivity contribution in [2.45, 2.75) is 18.9 Å². The van der Waals surface area contributed by atoms with Gasteiger partial charge in [-0.25, -0.2) is 13.2 Å². The minimum Gasteiger partial charge on any atom is -0.271 e. The SMILES string of the molecule is NNC(Cc1cc(F)cc(F)c1)Cc1cc(F)cc(Br)c1. The Morgan fingerprint density at radius 2 is 1.33 bits per heavy atom. The zero-order chi connectivity index (χ0) is 15.4. The van der Waals surface area contributed by atoms with Crippen LogP contribution < -0.4 is 11.3 Å². The lowest BCUT2D eigenvalue weighted by Crippen LogP contribution is -2.38. The standard InChI is InChI=1S/C15H14BrF3N2/c16-11-1-9(2-12(17)7-11)5-15(21-20)6-10-3-13(18)8-14(19)4-10/h1-4,7-8,15,21H,5-6,20H2. The maximum Gasteiger partial charge on any atom is 0.126 e. The van der Waals surface area contributed by atoms with Crippen molar-refractivity contribution in [2.75, 3.05) is 0 Å². The van der Waals surface area contributed by atoms with E-state index in [9.17, 15) is 13.2 Å². The van der Waals surface area contributed by atoms with Crippen LogP contribution in [0.1, 0.15) is 11.1 Å². The van der Waals surface area contributed by atoms with E-state index in [1.54, 1.807) is 6.07 Å². The van der Waals surface area contributed by atoms with Crippen LogP contribution in [-0.2, 0) is 12.8 Å². The number of hydrogen-bond acceptors (Lipinski definition) is 2. The van der Waals surface area contributed by atoms with E-state index >= 15 is 0 Å². The molecule has 0 aromatic heterocycles. The van der Waals surface area contributed by atoms with E-state index in [0.29, 0.717) is 22.9 Å². The third-order valence-electron chi connectivity index (χ3n) is 3.04. The topological polar surface area (TPSA) is 38.0 Å². The Morgan fingerprint density at radius 3 is 1.81 bits per heavy atom. The maximum absolute atomic E-state index is 13.3. The van der Waals surface area contributed by atoms with E-state index in [4.69, 9.17) is 5.84 Å². The Kier molecular flexibility index (Phi) is 5.39. The predicted molar refractivity (Wildman–Crippen MR) is 79.0 cm³/mol. The molecule has 0 fully saturated rings. The average Bonchev–Trinajstić information content (AvgIpc) is 2.35. The molecule has 0 aliphatic heterocycles. The summed E-state index contributed by atoms with van der Waals surface area (Å²) in [5, 5.41) is 0. The lowest BCUT2D eigenvalue weighted by Gasteiger charge is -2.16. The van der Waals surface area contributed by atoms with Crippen molar-refractivity contribution in [2.24, 2.45) is 5.84 Å². The average molecular weight is 359 g/mol. The molecule has 0 saturated heterocycles. The largest absolute Gasteiger partial charge is 0.271 e. The summed E-state index contributed by atoms with van der Waals surface area (Å²) in [6.07, 6.45) is 0.768. The molecule has 0 amide bonds. The molecule has 21 heavy (non-hydrogen) atoms. The van der Waals surface area contributed by atoms with Crippen molar-refractivity contribution in [1.29, 1.82) is 0 Å². The fourth-order valence-corrected chi connectivity index (χ4v) is 2.73. The Balaban J connectivity index is 2.12. The first kappa shape index (κ1) is 16.0. The van der Waals surface area contributed by atoms with E-state index < -0.39 is 11.6 Å². The fourth-order valence-electron chi connectivity index (χ4n) is 2.22. The highest BCUT2D eigenvalue weighted by atomic mass is 79.9. The Bertz CT molecular complexity index is 540. The smallest absolute Gasteiger partial charge is 0.126 e. The Labute approximate surface area is 129 Å². The Morgan fingerprint density at radius 1 is 0.857 bits per heavy atom. The number of nitrogens with two attached hydrogens (primary N) is 1. The molecule has 0 aliphatic rings. The van der Waals surface area contributed by atoms with Crippen molar-refractivity contribution in [3.63, 3.8) is 0 Å². The van der Waals surface area contributed by atoms with Crippen molar-refractivity contribution in [3.05, 3.63) is 69.4 Å². The van der Waals surface area contributed by atoms with Crippen LogP contribution in [0.25, 0.3) is 0 Å². The van der Waals surface area contributed by atoms with Crippen LogP contribution in [0.5, 0.6) is 0 Å². The minimum atomic E-state index is -0.630. The molecule has 2 rings (SSSR count). The molecule has 0 radical (unpaired) electrons. The molecular weight excluding hydrogens is 345 g/mol. The van der Waals surface area contributed by atoms with Crippen LogP contribution in [-0.4, -0.2) is 6.04 Å². The highest BCUT2D eigenvalue weighted by Gasteiger charge is 2.12. The number of hydrogen-bond donors (Lipinski definition) is 2. The summed E-state index contributed by atoms with van der Waals surface area (Å²) in [5.74, 6) is 3.86. The molecule has 6 heteroatoms. The van der Waals surface area contributed by atoms with Crippen LogP contribution in [0, 0.1) is 17.5 Å². The number of hydrazine groups is 1. The molecule has 2 aromatic carbocycles. The second kappa shape index (κ2) is 7.06. The lowest BCUT2D eigenvalue weighted by atomic mass is 9.99. The molecular formula is C15H14BrF3N2. The summed E-state index contributed by atoms with van der Waals surface area (Å²) in [5.41, 5.74) is 3.82. The normalized spacial score (nSPS) is 12.4. The Hall–Kier alpha value is -1.37. The van der Waals surface area contributed by atoms with E-state index in [1.807, 2.05) is 0 Å². The van der Waals surface area contributed by atoms with E-state index in [-0.39, 0.29) is 11.9 Å². The summed E-state index contributed by atoms with van der Waals surface area (Å²) < 4.78 is 40.3. The van der Waals surface area contributed by atoms with Gasteiger partial charge >= 0.3 is 0 Å². The molecule has 0 saturated carbocycles. The predicted octanol–water partition coefficient (Wildman–Crippen LogP) is 3.48. The van der Waals surface area contributed by atoms with Crippen LogP contribution >= 0.6 is 15.9 Å². The van der Waals surface area contributed by atoms with Gasteiger partial charge in [0.05, 0.1) is 0 Å². The van der Waals surface area contributed by atoms with Gasteiger partial charge in [-0.1, -0.05) is 15.9 Å². The molecule has 1 atom stereocenters. The van der Waals surface area contributed by atoms with Gasteiger partial charge in [-0.15, -0.1) is 0 Å². The van der Waals surface area contributed by atoms with Crippen molar-refractivity contribution in [1.82, 2.24) is 5.43 Å². The summed E-state index contributed by atoms with van der Waals surface area (Å²) in [7, 11) is 0. The first-order chi connectivity index (χ1) is 9.96. The minimum absolute atomic E-state index is 0.264. The molecule has 0 heterocycles. The van der Waals surface area contributed by atoms with Gasteiger partial charge in [0, 0.05) is 16.6 Å². The fraction of sp³-hybridized carbons (Fsp3) is 0.200. The lowest BCUT2D eigenvalue weighted by molar-refractivity contribution is 0.514. The molecule has 3 N–H and O–H groups in total.